The first-order chi connectivity index (χ1) is 29.0. The summed E-state index contributed by atoms with van der Waals surface area (Å²) in [6.45, 7) is 0. The van der Waals surface area contributed by atoms with Crippen molar-refractivity contribution in [3.63, 3.8) is 0 Å². The molecule has 4 heteroatoms. The molecule has 0 N–H and O–H groups in total. The van der Waals surface area contributed by atoms with Crippen molar-refractivity contribution in [1.29, 1.82) is 0 Å². The Morgan fingerprint density at radius 3 is 1.89 bits per heavy atom. The number of furan rings is 1. The first kappa shape index (κ1) is 14.1. The molecule has 0 saturated heterocycles. The Morgan fingerprint density at radius 2 is 1.07 bits per heavy atom. The number of fused-ring (bicyclic) bond motifs is 6. The Bertz CT molecular complexity index is 3400. The van der Waals surface area contributed by atoms with Crippen molar-refractivity contribution in [3.8, 4) is 45.3 Å². The van der Waals surface area contributed by atoms with E-state index in [-0.39, 0.29) is 16.3 Å². The summed E-state index contributed by atoms with van der Waals surface area (Å²) in [4.78, 5) is 13.3. The number of aromatic nitrogens is 3. The normalized spacial score (nSPS) is 16.5. The molecule has 0 spiro atoms. The van der Waals surface area contributed by atoms with Gasteiger partial charge in [0.05, 0.1) is 21.9 Å². The topological polar surface area (TPSA) is 51.8 Å². The van der Waals surface area contributed by atoms with Crippen LogP contribution in [0, 0.1) is 0 Å². The minimum atomic E-state index is -0.761. The molecule has 0 unspecified atom stereocenters. The standard InChI is InChI=1S/C41H25N3O/c1-2-11-27(12-3-1)39-42-40(44-41(43-39)34-18-10-20-37-38(34)33-17-8-9-19-36(33)45-37)28-23-21-26(22-24-28)35-25-29-13-4-5-14-30(29)31-15-6-7-16-32(31)35/h1-25H/i1D,2D,3D,8D,9D,10D,11D,12D,17D,18D,19D,20D,21D,22D,23D,24D. The van der Waals surface area contributed by atoms with Crippen molar-refractivity contribution in [2.75, 3.05) is 0 Å². The van der Waals surface area contributed by atoms with Gasteiger partial charge in [0.2, 0.25) is 0 Å². The zero-order valence-electron chi connectivity index (χ0n) is 38.9. The van der Waals surface area contributed by atoms with Gasteiger partial charge in [0, 0.05) is 27.5 Å². The lowest BCUT2D eigenvalue weighted by molar-refractivity contribution is 0.669. The van der Waals surface area contributed by atoms with E-state index in [1.165, 1.54) is 0 Å². The summed E-state index contributed by atoms with van der Waals surface area (Å²) in [5.74, 6) is -1.81. The number of nitrogens with zero attached hydrogens (tertiary/aromatic N) is 3. The predicted molar refractivity (Wildman–Crippen MR) is 184 cm³/mol. The molecule has 0 amide bonds. The van der Waals surface area contributed by atoms with Gasteiger partial charge >= 0.3 is 0 Å². The number of para-hydroxylation sites is 1. The minimum absolute atomic E-state index is 0.0418. The summed E-state index contributed by atoms with van der Waals surface area (Å²) in [6.07, 6.45) is 0. The molecule has 2 heterocycles. The fourth-order valence-electron chi connectivity index (χ4n) is 5.42. The summed E-state index contributed by atoms with van der Waals surface area (Å²) in [7, 11) is 0. The van der Waals surface area contributed by atoms with Crippen molar-refractivity contribution in [2.24, 2.45) is 0 Å². The van der Waals surface area contributed by atoms with Crippen LogP contribution in [0.2, 0.25) is 0 Å². The monoisotopic (exact) mass is 591 g/mol. The molecule has 0 bridgehead atoms. The molecule has 0 saturated carbocycles. The second-order valence-electron chi connectivity index (χ2n) is 10.0. The second kappa shape index (κ2) is 10.2. The summed E-state index contributed by atoms with van der Waals surface area (Å²) in [5, 5.41) is 2.58. The molecule has 9 rings (SSSR count). The van der Waals surface area contributed by atoms with Crippen molar-refractivity contribution < 1.29 is 26.3 Å². The SMILES string of the molecule is [2H]c1c([2H])c([2H])c(-c2nc(-c3c([2H])c([2H])c(-c4cc5ccccc5c5ccccc45)c([2H])c3[2H])nc(-c3c([2H])c([2H])c([2H])c4oc5c([2H])c([2H])c([2H])c([2H])c5c34)n2)c([2H])c1[2H]. The van der Waals surface area contributed by atoms with Crippen LogP contribution in [0.3, 0.4) is 0 Å². The molecule has 0 radical (unpaired) electrons. The molecule has 7 aromatic carbocycles. The number of hydrogen-bond donors (Lipinski definition) is 0. The maximum atomic E-state index is 9.34. The van der Waals surface area contributed by atoms with Crippen LogP contribution in [0.1, 0.15) is 21.9 Å². The Balaban J connectivity index is 1.41. The van der Waals surface area contributed by atoms with Crippen molar-refractivity contribution in [2.45, 2.75) is 0 Å². The average Bonchev–Trinajstić information content (AvgIpc) is 3.65. The third-order valence-corrected chi connectivity index (χ3v) is 7.42. The quantitative estimate of drug-likeness (QED) is 0.191. The molecule has 9 aromatic rings. The van der Waals surface area contributed by atoms with E-state index in [0.29, 0.717) is 10.9 Å². The molecule has 0 aliphatic carbocycles. The number of hydrogen-bond acceptors (Lipinski definition) is 4. The molecular weight excluding hydrogens is 550 g/mol. The number of rotatable bonds is 4. The van der Waals surface area contributed by atoms with Crippen LogP contribution in [0.25, 0.3) is 88.8 Å². The highest BCUT2D eigenvalue weighted by Crippen LogP contribution is 2.38. The number of benzene rings is 7. The van der Waals surface area contributed by atoms with Gasteiger partial charge < -0.3 is 4.42 Å². The zero-order chi connectivity index (χ0) is 43.7. The van der Waals surface area contributed by atoms with Crippen LogP contribution in [0.5, 0.6) is 0 Å². The summed E-state index contributed by atoms with van der Waals surface area (Å²) < 4.78 is 146. The van der Waals surface area contributed by atoms with E-state index in [2.05, 4.69) is 15.0 Å². The third-order valence-electron chi connectivity index (χ3n) is 7.42. The molecule has 0 aliphatic rings. The van der Waals surface area contributed by atoms with Crippen LogP contribution in [0.4, 0.5) is 0 Å². The highest BCUT2D eigenvalue weighted by molar-refractivity contribution is 6.14. The van der Waals surface area contributed by atoms with Crippen LogP contribution < -0.4 is 0 Å². The largest absolute Gasteiger partial charge is 0.456 e. The van der Waals surface area contributed by atoms with E-state index in [1.54, 1.807) is 12.1 Å². The minimum Gasteiger partial charge on any atom is -0.456 e. The third kappa shape index (κ3) is 4.27. The maximum Gasteiger partial charge on any atom is 0.164 e. The van der Waals surface area contributed by atoms with Gasteiger partial charge in [-0.25, -0.2) is 15.0 Å². The van der Waals surface area contributed by atoms with Crippen LogP contribution in [-0.4, -0.2) is 15.0 Å². The van der Waals surface area contributed by atoms with Crippen molar-refractivity contribution in [3.05, 3.63) is 151 Å². The summed E-state index contributed by atoms with van der Waals surface area (Å²) >= 11 is 0. The molecule has 0 aliphatic heterocycles. The Morgan fingerprint density at radius 1 is 0.444 bits per heavy atom. The Hall–Kier alpha value is -6.13. The summed E-state index contributed by atoms with van der Waals surface area (Å²) in [6, 6.07) is 5.95. The lowest BCUT2D eigenvalue weighted by Crippen LogP contribution is -2.00. The highest BCUT2D eigenvalue weighted by Gasteiger charge is 2.18. The molecule has 2 aromatic heterocycles. The fourth-order valence-corrected chi connectivity index (χ4v) is 5.42. The molecule has 0 fully saturated rings. The first-order valence-corrected chi connectivity index (χ1v) is 13.7. The molecule has 45 heavy (non-hydrogen) atoms. The fraction of sp³-hybridized carbons (Fsp3) is 0. The van der Waals surface area contributed by atoms with Gasteiger partial charge in [-0.1, -0.05) is 133 Å². The smallest absolute Gasteiger partial charge is 0.164 e. The average molecular weight is 592 g/mol. The van der Waals surface area contributed by atoms with Crippen LogP contribution in [-0.2, 0) is 0 Å². The van der Waals surface area contributed by atoms with Crippen LogP contribution >= 0.6 is 0 Å². The van der Waals surface area contributed by atoms with E-state index in [4.69, 9.17) is 20.9 Å². The zero-order valence-corrected chi connectivity index (χ0v) is 22.9. The maximum absolute atomic E-state index is 9.34. The van der Waals surface area contributed by atoms with Crippen molar-refractivity contribution >= 4 is 43.5 Å². The van der Waals surface area contributed by atoms with E-state index in [0.717, 1.165) is 16.2 Å². The Kier molecular flexibility index (Phi) is 3.21. The Labute approximate surface area is 281 Å². The second-order valence-corrected chi connectivity index (χ2v) is 10.0. The molecule has 210 valence electrons. The van der Waals surface area contributed by atoms with Crippen molar-refractivity contribution in [1.82, 2.24) is 15.0 Å². The van der Waals surface area contributed by atoms with Gasteiger partial charge in [-0.3, -0.25) is 0 Å². The van der Waals surface area contributed by atoms with Gasteiger partial charge in [-0.15, -0.1) is 0 Å². The van der Waals surface area contributed by atoms with E-state index >= 15 is 0 Å². The van der Waals surface area contributed by atoms with E-state index in [9.17, 15) is 5.48 Å². The molecular formula is C41H25N3O. The van der Waals surface area contributed by atoms with Gasteiger partial charge in [-0.2, -0.15) is 0 Å². The highest BCUT2D eigenvalue weighted by atomic mass is 16.3. The van der Waals surface area contributed by atoms with Gasteiger partial charge in [0.15, 0.2) is 17.5 Å². The molecule has 0 atom stereocenters. The summed E-state index contributed by atoms with van der Waals surface area (Å²) in [5.41, 5.74) is -1.96. The first-order valence-electron chi connectivity index (χ1n) is 21.7. The lowest BCUT2D eigenvalue weighted by atomic mass is 9.93. The van der Waals surface area contributed by atoms with Gasteiger partial charge in [-0.05, 0) is 50.8 Å². The van der Waals surface area contributed by atoms with Gasteiger partial charge in [0.1, 0.15) is 11.2 Å². The van der Waals surface area contributed by atoms with E-state index < -0.39 is 142 Å². The van der Waals surface area contributed by atoms with Gasteiger partial charge in [0.25, 0.3) is 0 Å². The lowest BCUT2D eigenvalue weighted by Gasteiger charge is -2.12. The van der Waals surface area contributed by atoms with Crippen LogP contribution in [0.15, 0.2) is 156 Å². The predicted octanol–water partition coefficient (Wildman–Crippen LogP) is 10.7. The van der Waals surface area contributed by atoms with E-state index in [1.807, 2.05) is 42.5 Å². The molecule has 4 nitrogen and oxygen atoms in total.